The third-order valence-corrected chi connectivity index (χ3v) is 9.91. The minimum Gasteiger partial charge on any atom is -0.507 e. The highest BCUT2D eigenvalue weighted by Crippen LogP contribution is 2.53. The van der Waals surface area contributed by atoms with Gasteiger partial charge in [-0.2, -0.15) is 0 Å². The molecule has 0 spiro atoms. The fraction of sp³-hybridized carbons (Fsp3) is 0.190. The first-order valence-electron chi connectivity index (χ1n) is 16.8. The molecule has 4 aromatic carbocycles. The lowest BCUT2D eigenvalue weighted by atomic mass is 9.75. The number of allylic oxidation sites excluding steroid dienone is 4. The number of benzene rings is 4. The largest absolute Gasteiger partial charge is 0.507 e. The number of anilines is 2. The summed E-state index contributed by atoms with van der Waals surface area (Å²) < 4.78 is 0. The molecule has 4 aromatic rings. The Hall–Kier alpha value is -5.44. The van der Waals surface area contributed by atoms with Crippen molar-refractivity contribution in [2.45, 2.75) is 41.5 Å². The van der Waals surface area contributed by atoms with Gasteiger partial charge in [0.1, 0.15) is 11.5 Å². The van der Waals surface area contributed by atoms with E-state index in [0.29, 0.717) is 54.8 Å². The molecule has 0 saturated heterocycles. The lowest BCUT2D eigenvalue weighted by Gasteiger charge is -2.29. The van der Waals surface area contributed by atoms with Crippen LogP contribution in [-0.4, -0.2) is 32.0 Å². The van der Waals surface area contributed by atoms with Crippen LogP contribution >= 0.6 is 23.2 Å². The average molecular weight is 738 g/mol. The molecular formula is C42H38Cl2N2O6. The SMILES string of the molecule is Cc1cc2c(c(O)c1-c1c(C)cc3c(c1O)/C(=C/Nc1ccc(Cl)cc1)C(=O)C(O)=C3C(C)C)/C(=C/Nc1ccc(Cl)cc1)C(=O)C(O)=C2C(C)C. The van der Waals surface area contributed by atoms with E-state index in [0.717, 1.165) is 0 Å². The van der Waals surface area contributed by atoms with Gasteiger partial charge in [0.05, 0.1) is 11.1 Å². The van der Waals surface area contributed by atoms with Crippen LogP contribution in [0.3, 0.4) is 0 Å². The molecule has 0 fully saturated rings. The number of hydrogen-bond donors (Lipinski definition) is 6. The quantitative estimate of drug-likeness (QED) is 0.103. The molecular weight excluding hydrogens is 699 g/mol. The number of aliphatic hydroxyl groups excluding tert-OH is 2. The van der Waals surface area contributed by atoms with E-state index in [1.54, 1.807) is 74.5 Å². The summed E-state index contributed by atoms with van der Waals surface area (Å²) in [6.07, 6.45) is 2.86. The standard InChI is InChI=1S/C42H38Cl2N2O6/c1-19(2)31-27-15-21(5)33(39(49)35(27)29(37(47)41(31)51)17-45-25-11-7-23(43)8-12-25)34-22(6)16-28-32(20(3)4)42(52)38(48)30(36(28)40(34)50)18-46-26-13-9-24(44)10-14-26/h7-20,45-46,49-52H,1-6H3/b29-17-,30-18-. The van der Waals surface area contributed by atoms with Crippen molar-refractivity contribution in [3.8, 4) is 22.6 Å². The predicted molar refractivity (Wildman–Crippen MR) is 210 cm³/mol. The zero-order valence-electron chi connectivity index (χ0n) is 29.4. The zero-order chi connectivity index (χ0) is 37.8. The van der Waals surface area contributed by atoms with Gasteiger partial charge in [-0.1, -0.05) is 63.0 Å². The van der Waals surface area contributed by atoms with Crippen molar-refractivity contribution >= 4 is 68.4 Å². The molecule has 8 nitrogen and oxygen atoms in total. The van der Waals surface area contributed by atoms with E-state index in [2.05, 4.69) is 10.6 Å². The Balaban J connectivity index is 1.62. The lowest BCUT2D eigenvalue weighted by Crippen LogP contribution is -2.20. The van der Waals surface area contributed by atoms with Crippen LogP contribution in [0.4, 0.5) is 11.4 Å². The van der Waals surface area contributed by atoms with Crippen LogP contribution < -0.4 is 10.6 Å². The molecule has 6 rings (SSSR count). The molecule has 0 saturated carbocycles. The van der Waals surface area contributed by atoms with E-state index in [1.807, 2.05) is 27.7 Å². The van der Waals surface area contributed by atoms with Crippen LogP contribution in [0.5, 0.6) is 11.5 Å². The number of nitrogens with one attached hydrogen (secondary N) is 2. The van der Waals surface area contributed by atoms with Gasteiger partial charge in [-0.25, -0.2) is 0 Å². The Labute approximate surface area is 312 Å². The Morgan fingerprint density at radius 1 is 0.558 bits per heavy atom. The van der Waals surface area contributed by atoms with Gasteiger partial charge in [0.25, 0.3) is 0 Å². The summed E-state index contributed by atoms with van der Waals surface area (Å²) in [6, 6.07) is 17.2. The van der Waals surface area contributed by atoms with Crippen molar-refractivity contribution in [2.75, 3.05) is 10.6 Å². The molecule has 0 bridgehead atoms. The molecule has 2 aliphatic carbocycles. The molecule has 0 aliphatic heterocycles. The number of carbonyl (C=O) groups is 2. The summed E-state index contributed by atoms with van der Waals surface area (Å²) in [4.78, 5) is 27.6. The number of carbonyl (C=O) groups excluding carboxylic acids is 2. The van der Waals surface area contributed by atoms with Gasteiger partial charge in [0, 0.05) is 67.2 Å². The van der Waals surface area contributed by atoms with Crippen LogP contribution in [0.25, 0.3) is 33.4 Å². The Morgan fingerprint density at radius 3 is 1.19 bits per heavy atom. The number of hydrogen-bond acceptors (Lipinski definition) is 8. The number of halogens is 2. The van der Waals surface area contributed by atoms with Gasteiger partial charge in [-0.15, -0.1) is 0 Å². The normalized spacial score (nSPS) is 16.0. The van der Waals surface area contributed by atoms with Crippen LogP contribution in [0.15, 0.2) is 84.6 Å². The second-order valence-corrected chi connectivity index (χ2v) is 14.5. The fourth-order valence-electron chi connectivity index (χ4n) is 7.03. The van der Waals surface area contributed by atoms with E-state index in [-0.39, 0.29) is 56.7 Å². The summed E-state index contributed by atoms with van der Waals surface area (Å²) >= 11 is 12.1. The maximum Gasteiger partial charge on any atom is 0.229 e. The van der Waals surface area contributed by atoms with Gasteiger partial charge in [0.2, 0.25) is 11.6 Å². The van der Waals surface area contributed by atoms with Crippen LogP contribution in [0, 0.1) is 25.7 Å². The van der Waals surface area contributed by atoms with Gasteiger partial charge >= 0.3 is 0 Å². The first-order valence-corrected chi connectivity index (χ1v) is 17.5. The molecule has 0 atom stereocenters. The number of fused-ring (bicyclic) bond motifs is 2. The molecule has 0 amide bonds. The molecule has 6 N–H and O–H groups in total. The number of phenolic OH excluding ortho intramolecular Hbond substituents is 2. The van der Waals surface area contributed by atoms with Crippen LogP contribution in [0.2, 0.25) is 10.0 Å². The van der Waals surface area contributed by atoms with E-state index in [9.17, 15) is 30.0 Å². The van der Waals surface area contributed by atoms with E-state index in [1.165, 1.54) is 12.4 Å². The smallest absolute Gasteiger partial charge is 0.229 e. The minimum absolute atomic E-state index is 0.0126. The molecule has 0 unspecified atom stereocenters. The number of aryl methyl sites for hydroxylation is 2. The van der Waals surface area contributed by atoms with Gasteiger partial charge in [-0.05, 0) is 96.5 Å². The Morgan fingerprint density at radius 2 is 0.885 bits per heavy atom. The molecule has 2 aliphatic rings. The number of aromatic hydroxyl groups is 2. The highest BCUT2D eigenvalue weighted by molar-refractivity contribution is 6.35. The molecule has 0 radical (unpaired) electrons. The summed E-state index contributed by atoms with van der Waals surface area (Å²) in [5.74, 6) is -3.33. The minimum atomic E-state index is -0.680. The maximum absolute atomic E-state index is 13.8. The maximum atomic E-state index is 13.8. The number of rotatable bonds is 7. The monoisotopic (exact) mass is 736 g/mol. The van der Waals surface area contributed by atoms with Crippen molar-refractivity contribution < 1.29 is 30.0 Å². The lowest BCUT2D eigenvalue weighted by molar-refractivity contribution is -0.113. The summed E-state index contributed by atoms with van der Waals surface area (Å²) in [6.45, 7) is 10.9. The molecule has 10 heteroatoms. The highest BCUT2D eigenvalue weighted by atomic mass is 35.5. The number of phenols is 2. The van der Waals surface area contributed by atoms with Crippen LogP contribution in [-0.2, 0) is 9.59 Å². The molecule has 266 valence electrons. The van der Waals surface area contributed by atoms with E-state index >= 15 is 0 Å². The predicted octanol–water partition coefficient (Wildman–Crippen LogP) is 10.6. The zero-order valence-corrected chi connectivity index (χ0v) is 31.0. The van der Waals surface area contributed by atoms with Crippen molar-refractivity contribution in [3.63, 3.8) is 0 Å². The highest BCUT2D eigenvalue weighted by Gasteiger charge is 2.38. The van der Waals surface area contributed by atoms with Crippen molar-refractivity contribution in [2.24, 2.45) is 11.8 Å². The summed E-state index contributed by atoms with van der Waals surface area (Å²) in [5, 5.41) is 54.2. The van der Waals surface area contributed by atoms with Crippen molar-refractivity contribution in [1.82, 2.24) is 0 Å². The second-order valence-electron chi connectivity index (χ2n) is 13.6. The van der Waals surface area contributed by atoms with Gasteiger partial charge in [-0.3, -0.25) is 9.59 Å². The van der Waals surface area contributed by atoms with Gasteiger partial charge in [0.15, 0.2) is 11.5 Å². The first kappa shape index (κ1) is 36.4. The number of ketones is 2. The Bertz CT molecular complexity index is 2130. The topological polar surface area (TPSA) is 139 Å². The van der Waals surface area contributed by atoms with E-state index < -0.39 is 23.1 Å². The molecule has 0 aromatic heterocycles. The second kappa shape index (κ2) is 13.9. The number of Topliss-reactive ketones (excluding diaryl/α,β-unsaturated/α-hetero) is 2. The molecule has 0 heterocycles. The van der Waals surface area contributed by atoms with E-state index in [4.69, 9.17) is 23.2 Å². The first-order chi connectivity index (χ1) is 24.6. The summed E-state index contributed by atoms with van der Waals surface area (Å²) in [7, 11) is 0. The Kier molecular flexibility index (Phi) is 9.75. The molecule has 52 heavy (non-hydrogen) atoms. The third-order valence-electron chi connectivity index (χ3n) is 9.40. The fourth-order valence-corrected chi connectivity index (χ4v) is 7.28. The van der Waals surface area contributed by atoms with Crippen LogP contribution in [0.1, 0.15) is 61.1 Å². The van der Waals surface area contributed by atoms with Crippen molar-refractivity contribution in [1.29, 1.82) is 0 Å². The third kappa shape index (κ3) is 6.22. The number of aliphatic hydroxyl groups is 2. The summed E-state index contributed by atoms with van der Waals surface area (Å²) in [5.41, 5.74) is 4.93. The average Bonchev–Trinajstić information content (AvgIpc) is 3.08. The van der Waals surface area contributed by atoms with Crippen molar-refractivity contribution in [3.05, 3.63) is 128 Å². The van der Waals surface area contributed by atoms with Gasteiger partial charge < -0.3 is 31.1 Å².